The molecule has 1 atom stereocenters. The third-order valence-electron chi connectivity index (χ3n) is 2.74. The number of nitrogens with two attached hydrogens (primary N) is 1. The van der Waals surface area contributed by atoms with Gasteiger partial charge in [0, 0.05) is 18.1 Å². The Bertz CT molecular complexity index is 715. The Labute approximate surface area is 113 Å². The number of aromatic amines is 1. The number of H-pyrrole nitrogens is 1. The van der Waals surface area contributed by atoms with E-state index in [-0.39, 0.29) is 17.5 Å². The number of anilines is 2. The van der Waals surface area contributed by atoms with Gasteiger partial charge in [0.05, 0.1) is 6.04 Å². The van der Waals surface area contributed by atoms with Gasteiger partial charge in [-0.05, 0) is 13.8 Å². The second-order valence-electron chi connectivity index (χ2n) is 4.27. The minimum absolute atomic E-state index is 0.105. The number of nitrogens with zero attached hydrogens (tertiary/aromatic N) is 2. The lowest BCUT2D eigenvalue weighted by molar-refractivity contribution is 0.798. The van der Waals surface area contributed by atoms with E-state index >= 15 is 0 Å². The van der Waals surface area contributed by atoms with E-state index in [4.69, 9.17) is 5.73 Å². The highest BCUT2D eigenvalue weighted by Crippen LogP contribution is 2.22. The monoisotopic (exact) mass is 281 g/mol. The summed E-state index contributed by atoms with van der Waals surface area (Å²) < 4.78 is 1.18. The molecule has 0 saturated heterocycles. The number of nitrogen functional groups attached to an aromatic ring is 1. The molecule has 0 aliphatic heterocycles. The molecule has 4 N–H and O–H groups in total. The SMILES string of the molecule is Cc1csc(C(C)Nc2c(N)n(C)c(=O)[nH]c2=O)n1. The van der Waals surface area contributed by atoms with E-state index in [0.717, 1.165) is 10.7 Å². The lowest BCUT2D eigenvalue weighted by Gasteiger charge is -2.15. The zero-order chi connectivity index (χ0) is 14.2. The normalized spacial score (nSPS) is 12.4. The summed E-state index contributed by atoms with van der Waals surface area (Å²) in [6, 6.07) is -0.167. The molecule has 2 aromatic rings. The van der Waals surface area contributed by atoms with Crippen molar-refractivity contribution >= 4 is 22.8 Å². The molecule has 2 rings (SSSR count). The third-order valence-corrected chi connectivity index (χ3v) is 3.88. The molecule has 0 spiro atoms. The molecule has 102 valence electrons. The van der Waals surface area contributed by atoms with Crippen LogP contribution in [0.3, 0.4) is 0 Å². The number of hydrogen-bond acceptors (Lipinski definition) is 6. The molecular weight excluding hydrogens is 266 g/mol. The lowest BCUT2D eigenvalue weighted by atomic mass is 10.3. The van der Waals surface area contributed by atoms with Crippen molar-refractivity contribution in [1.29, 1.82) is 0 Å². The lowest BCUT2D eigenvalue weighted by Crippen LogP contribution is -2.32. The van der Waals surface area contributed by atoms with Gasteiger partial charge in [-0.3, -0.25) is 14.3 Å². The van der Waals surface area contributed by atoms with Gasteiger partial charge in [0.2, 0.25) is 0 Å². The van der Waals surface area contributed by atoms with Gasteiger partial charge in [-0.15, -0.1) is 11.3 Å². The van der Waals surface area contributed by atoms with Gasteiger partial charge < -0.3 is 11.1 Å². The van der Waals surface area contributed by atoms with Crippen LogP contribution in [0.4, 0.5) is 11.5 Å². The number of hydrogen-bond donors (Lipinski definition) is 3. The Balaban J connectivity index is 2.37. The zero-order valence-corrected chi connectivity index (χ0v) is 11.7. The third kappa shape index (κ3) is 2.53. The van der Waals surface area contributed by atoms with E-state index in [1.165, 1.54) is 23.0 Å². The predicted molar refractivity (Wildman–Crippen MR) is 75.6 cm³/mol. The standard InChI is InChI=1S/C11H15N5O2S/c1-5-4-19-10(13-5)6(2)14-7-8(12)16(3)11(18)15-9(7)17/h4,6,14H,12H2,1-3H3,(H,15,17,18). The van der Waals surface area contributed by atoms with Gasteiger partial charge >= 0.3 is 5.69 Å². The van der Waals surface area contributed by atoms with Crippen molar-refractivity contribution in [2.75, 3.05) is 11.1 Å². The minimum Gasteiger partial charge on any atom is -0.383 e. The smallest absolute Gasteiger partial charge is 0.329 e. The molecule has 0 aliphatic rings. The summed E-state index contributed by atoms with van der Waals surface area (Å²) in [5, 5.41) is 5.78. The first-order chi connectivity index (χ1) is 8.90. The van der Waals surface area contributed by atoms with Crippen LogP contribution in [0.1, 0.15) is 23.7 Å². The van der Waals surface area contributed by atoms with Crippen molar-refractivity contribution in [3.63, 3.8) is 0 Å². The summed E-state index contributed by atoms with van der Waals surface area (Å²) >= 11 is 1.50. The molecule has 0 bridgehead atoms. The Morgan fingerprint density at radius 1 is 1.53 bits per heavy atom. The Morgan fingerprint density at radius 3 is 2.79 bits per heavy atom. The van der Waals surface area contributed by atoms with Crippen LogP contribution in [0, 0.1) is 6.92 Å². The highest BCUT2D eigenvalue weighted by Gasteiger charge is 2.15. The molecule has 1 unspecified atom stereocenters. The van der Waals surface area contributed by atoms with E-state index in [9.17, 15) is 9.59 Å². The molecule has 8 heteroatoms. The molecule has 19 heavy (non-hydrogen) atoms. The first-order valence-electron chi connectivity index (χ1n) is 5.67. The fraction of sp³-hybridized carbons (Fsp3) is 0.364. The number of rotatable bonds is 3. The maximum atomic E-state index is 11.8. The van der Waals surface area contributed by atoms with Gasteiger partial charge in [0.15, 0.2) is 0 Å². The highest BCUT2D eigenvalue weighted by atomic mass is 32.1. The maximum Gasteiger partial charge on any atom is 0.329 e. The molecule has 0 fully saturated rings. The number of aryl methyl sites for hydroxylation is 1. The molecule has 0 radical (unpaired) electrons. The second-order valence-corrected chi connectivity index (χ2v) is 5.16. The van der Waals surface area contributed by atoms with Crippen molar-refractivity contribution < 1.29 is 0 Å². The molecule has 0 amide bonds. The van der Waals surface area contributed by atoms with E-state index in [1.54, 1.807) is 0 Å². The quantitative estimate of drug-likeness (QED) is 0.763. The summed E-state index contributed by atoms with van der Waals surface area (Å²) in [7, 11) is 1.50. The van der Waals surface area contributed by atoms with Crippen LogP contribution in [0.25, 0.3) is 0 Å². The number of thiazole rings is 1. The largest absolute Gasteiger partial charge is 0.383 e. The van der Waals surface area contributed by atoms with Crippen LogP contribution < -0.4 is 22.3 Å². The fourth-order valence-corrected chi connectivity index (χ4v) is 2.43. The molecule has 2 heterocycles. The zero-order valence-electron chi connectivity index (χ0n) is 10.9. The van der Waals surface area contributed by atoms with Crippen molar-refractivity contribution in [2.45, 2.75) is 19.9 Å². The highest BCUT2D eigenvalue weighted by molar-refractivity contribution is 7.09. The van der Waals surface area contributed by atoms with Crippen molar-refractivity contribution in [2.24, 2.45) is 7.05 Å². The summed E-state index contributed by atoms with van der Waals surface area (Å²) in [6.45, 7) is 3.78. The molecule has 0 aliphatic carbocycles. The average molecular weight is 281 g/mol. The molecule has 0 aromatic carbocycles. The van der Waals surface area contributed by atoms with Gasteiger partial charge in [0.1, 0.15) is 16.5 Å². The molecule has 0 saturated carbocycles. The summed E-state index contributed by atoms with van der Waals surface area (Å²) in [4.78, 5) is 29.7. The first-order valence-corrected chi connectivity index (χ1v) is 6.55. The average Bonchev–Trinajstić information content (AvgIpc) is 2.78. The molecule has 7 nitrogen and oxygen atoms in total. The van der Waals surface area contributed by atoms with E-state index in [2.05, 4.69) is 15.3 Å². The Hall–Kier alpha value is -2.09. The van der Waals surface area contributed by atoms with Gasteiger partial charge in [-0.25, -0.2) is 9.78 Å². The van der Waals surface area contributed by atoms with Crippen molar-refractivity contribution in [3.05, 3.63) is 36.9 Å². The predicted octanol–water partition coefficient (Wildman–Crippen LogP) is 0.594. The van der Waals surface area contributed by atoms with E-state index in [1.807, 2.05) is 19.2 Å². The van der Waals surface area contributed by atoms with E-state index < -0.39 is 11.2 Å². The Kier molecular flexibility index (Phi) is 3.43. The first kappa shape index (κ1) is 13.3. The number of nitrogens with one attached hydrogen (secondary N) is 2. The van der Waals surface area contributed by atoms with Gasteiger partial charge in [0.25, 0.3) is 5.56 Å². The second kappa shape index (κ2) is 4.88. The van der Waals surface area contributed by atoms with Crippen LogP contribution in [-0.4, -0.2) is 14.5 Å². The maximum absolute atomic E-state index is 11.8. The number of aromatic nitrogens is 3. The van der Waals surface area contributed by atoms with Crippen molar-refractivity contribution in [1.82, 2.24) is 14.5 Å². The van der Waals surface area contributed by atoms with Gasteiger partial charge in [-0.2, -0.15) is 0 Å². The fourth-order valence-electron chi connectivity index (χ4n) is 1.63. The Morgan fingerprint density at radius 2 is 2.21 bits per heavy atom. The molecule has 2 aromatic heterocycles. The van der Waals surface area contributed by atoms with Crippen molar-refractivity contribution in [3.8, 4) is 0 Å². The van der Waals surface area contributed by atoms with Crippen LogP contribution in [0.5, 0.6) is 0 Å². The summed E-state index contributed by atoms with van der Waals surface area (Å²) in [5.74, 6) is 0.105. The summed E-state index contributed by atoms with van der Waals surface area (Å²) in [6.07, 6.45) is 0. The van der Waals surface area contributed by atoms with Crippen LogP contribution >= 0.6 is 11.3 Å². The van der Waals surface area contributed by atoms with Crippen LogP contribution in [0.2, 0.25) is 0 Å². The summed E-state index contributed by atoms with van der Waals surface area (Å²) in [5.41, 5.74) is 5.83. The van der Waals surface area contributed by atoms with Crippen LogP contribution in [-0.2, 0) is 7.05 Å². The van der Waals surface area contributed by atoms with E-state index in [0.29, 0.717) is 0 Å². The molecular formula is C11H15N5O2S. The van der Waals surface area contributed by atoms with Gasteiger partial charge in [-0.1, -0.05) is 0 Å². The topological polar surface area (TPSA) is 106 Å². The van der Waals surface area contributed by atoms with Crippen LogP contribution in [0.15, 0.2) is 15.0 Å². The minimum atomic E-state index is -0.536.